The largest absolute Gasteiger partial charge is 0.481 e. The maximum Gasteiger partial charge on any atom is 0.309 e. The van der Waals surface area contributed by atoms with Crippen LogP contribution in [0, 0.1) is 5.92 Å². The predicted octanol–water partition coefficient (Wildman–Crippen LogP) is 2.82. The van der Waals surface area contributed by atoms with Gasteiger partial charge in [0, 0.05) is 0 Å². The van der Waals surface area contributed by atoms with E-state index in [1.165, 1.54) is 0 Å². The molecule has 15 heavy (non-hydrogen) atoms. The highest BCUT2D eigenvalue weighted by Crippen LogP contribution is 2.31. The number of hydrogen-bond donors (Lipinski definition) is 2. The Bertz CT molecular complexity index is 191. The van der Waals surface area contributed by atoms with Crippen LogP contribution in [0.25, 0.3) is 0 Å². The molecule has 0 aromatic carbocycles. The van der Waals surface area contributed by atoms with Crippen molar-refractivity contribution in [3.8, 4) is 0 Å². The number of carboxylic acids is 1. The summed E-state index contributed by atoms with van der Waals surface area (Å²) in [6, 6.07) is 0. The fourth-order valence-electron chi connectivity index (χ4n) is 1.99. The molecule has 3 nitrogen and oxygen atoms in total. The molecule has 0 aromatic heterocycles. The van der Waals surface area contributed by atoms with Crippen molar-refractivity contribution in [2.24, 2.45) is 5.92 Å². The van der Waals surface area contributed by atoms with Crippen molar-refractivity contribution < 1.29 is 15.0 Å². The van der Waals surface area contributed by atoms with Gasteiger partial charge in [0.15, 0.2) is 0 Å². The van der Waals surface area contributed by atoms with Crippen LogP contribution in [-0.4, -0.2) is 21.8 Å². The Labute approximate surface area is 92.5 Å². The molecule has 0 heterocycles. The van der Waals surface area contributed by atoms with Gasteiger partial charge >= 0.3 is 5.97 Å². The van der Waals surface area contributed by atoms with E-state index < -0.39 is 17.5 Å². The van der Waals surface area contributed by atoms with Crippen molar-refractivity contribution >= 4 is 5.97 Å². The Morgan fingerprint density at radius 1 is 1.27 bits per heavy atom. The van der Waals surface area contributed by atoms with E-state index in [0.29, 0.717) is 19.3 Å². The van der Waals surface area contributed by atoms with Crippen LogP contribution in [0.2, 0.25) is 0 Å². The molecule has 0 aliphatic carbocycles. The first-order valence-electron chi connectivity index (χ1n) is 5.97. The minimum Gasteiger partial charge on any atom is -0.481 e. The summed E-state index contributed by atoms with van der Waals surface area (Å²) in [5.41, 5.74) is -1.02. The molecule has 0 amide bonds. The molecule has 0 aliphatic rings. The highest BCUT2D eigenvalue weighted by Gasteiger charge is 2.38. The molecule has 0 saturated heterocycles. The molecule has 0 saturated carbocycles. The Morgan fingerprint density at radius 3 is 2.20 bits per heavy atom. The molecule has 0 spiro atoms. The number of carboxylic acid groups (broad SMARTS) is 1. The van der Waals surface area contributed by atoms with Gasteiger partial charge in [0.25, 0.3) is 0 Å². The molecule has 3 heteroatoms. The standard InChI is InChI=1S/C12H24O3/c1-4-7-9-12(15,6-3)10(8-5-2)11(13)14/h10,15H,4-9H2,1-3H3,(H,13,14). The lowest BCUT2D eigenvalue weighted by molar-refractivity contribution is -0.153. The first-order valence-corrected chi connectivity index (χ1v) is 5.97. The molecule has 2 atom stereocenters. The molecule has 0 bridgehead atoms. The average molecular weight is 216 g/mol. The third-order valence-electron chi connectivity index (χ3n) is 3.10. The Morgan fingerprint density at radius 2 is 1.87 bits per heavy atom. The van der Waals surface area contributed by atoms with Gasteiger partial charge in [-0.25, -0.2) is 0 Å². The number of rotatable bonds is 8. The van der Waals surface area contributed by atoms with Gasteiger partial charge in [-0.2, -0.15) is 0 Å². The summed E-state index contributed by atoms with van der Waals surface area (Å²) in [6.07, 6.45) is 4.34. The van der Waals surface area contributed by atoms with E-state index in [0.717, 1.165) is 19.3 Å². The van der Waals surface area contributed by atoms with Gasteiger partial charge in [-0.15, -0.1) is 0 Å². The molecule has 0 aromatic rings. The fraction of sp³-hybridized carbons (Fsp3) is 0.917. The smallest absolute Gasteiger partial charge is 0.309 e. The van der Waals surface area contributed by atoms with Crippen molar-refractivity contribution in [3.63, 3.8) is 0 Å². The number of aliphatic carboxylic acids is 1. The van der Waals surface area contributed by atoms with Crippen LogP contribution in [0.1, 0.15) is 59.3 Å². The van der Waals surface area contributed by atoms with Gasteiger partial charge in [-0.3, -0.25) is 4.79 Å². The van der Waals surface area contributed by atoms with Crippen LogP contribution in [0.5, 0.6) is 0 Å². The Balaban J connectivity index is 4.60. The highest BCUT2D eigenvalue weighted by atomic mass is 16.4. The number of aliphatic hydroxyl groups is 1. The zero-order chi connectivity index (χ0) is 11.9. The maximum atomic E-state index is 11.1. The maximum absolute atomic E-state index is 11.1. The monoisotopic (exact) mass is 216 g/mol. The second kappa shape index (κ2) is 6.83. The first-order chi connectivity index (χ1) is 7.01. The van der Waals surface area contributed by atoms with Crippen LogP contribution in [0.3, 0.4) is 0 Å². The minimum atomic E-state index is -1.02. The number of carbonyl (C=O) groups is 1. The molecular weight excluding hydrogens is 192 g/mol. The lowest BCUT2D eigenvalue weighted by Crippen LogP contribution is -2.41. The van der Waals surface area contributed by atoms with Crippen molar-refractivity contribution in [2.45, 2.75) is 64.9 Å². The van der Waals surface area contributed by atoms with Crippen LogP contribution in [-0.2, 0) is 4.79 Å². The lowest BCUT2D eigenvalue weighted by Gasteiger charge is -2.33. The van der Waals surface area contributed by atoms with Gasteiger partial charge in [-0.1, -0.05) is 40.0 Å². The Kier molecular flexibility index (Phi) is 6.57. The van der Waals surface area contributed by atoms with E-state index in [4.69, 9.17) is 5.11 Å². The molecular formula is C12H24O3. The normalized spacial score (nSPS) is 17.1. The van der Waals surface area contributed by atoms with Crippen molar-refractivity contribution in [1.29, 1.82) is 0 Å². The average Bonchev–Trinajstić information content (AvgIpc) is 2.22. The first kappa shape index (κ1) is 14.4. The molecule has 0 aliphatic heterocycles. The summed E-state index contributed by atoms with van der Waals surface area (Å²) in [7, 11) is 0. The van der Waals surface area contributed by atoms with E-state index in [-0.39, 0.29) is 0 Å². The van der Waals surface area contributed by atoms with Crippen LogP contribution in [0.15, 0.2) is 0 Å². The van der Waals surface area contributed by atoms with Gasteiger partial charge in [-0.05, 0) is 19.3 Å². The quantitative estimate of drug-likeness (QED) is 0.656. The molecule has 90 valence electrons. The van der Waals surface area contributed by atoms with Gasteiger partial charge < -0.3 is 10.2 Å². The van der Waals surface area contributed by atoms with Crippen molar-refractivity contribution in [1.82, 2.24) is 0 Å². The van der Waals surface area contributed by atoms with Gasteiger partial charge in [0.1, 0.15) is 0 Å². The summed E-state index contributed by atoms with van der Waals surface area (Å²) in [6.45, 7) is 5.86. The zero-order valence-corrected chi connectivity index (χ0v) is 10.1. The molecule has 0 fully saturated rings. The number of unbranched alkanes of at least 4 members (excludes halogenated alkanes) is 1. The summed E-state index contributed by atoms with van der Waals surface area (Å²) >= 11 is 0. The summed E-state index contributed by atoms with van der Waals surface area (Å²) in [4.78, 5) is 11.1. The predicted molar refractivity (Wildman–Crippen MR) is 60.8 cm³/mol. The second-order valence-electron chi connectivity index (χ2n) is 4.24. The lowest BCUT2D eigenvalue weighted by atomic mass is 9.78. The van der Waals surface area contributed by atoms with Crippen LogP contribution in [0.4, 0.5) is 0 Å². The molecule has 2 N–H and O–H groups in total. The van der Waals surface area contributed by atoms with Crippen molar-refractivity contribution in [2.75, 3.05) is 0 Å². The van der Waals surface area contributed by atoms with E-state index in [9.17, 15) is 9.90 Å². The summed E-state index contributed by atoms with van der Waals surface area (Å²) < 4.78 is 0. The topological polar surface area (TPSA) is 57.5 Å². The van der Waals surface area contributed by atoms with Crippen molar-refractivity contribution in [3.05, 3.63) is 0 Å². The van der Waals surface area contributed by atoms with Gasteiger partial charge in [0.2, 0.25) is 0 Å². The van der Waals surface area contributed by atoms with Gasteiger partial charge in [0.05, 0.1) is 11.5 Å². The molecule has 0 rings (SSSR count). The zero-order valence-electron chi connectivity index (χ0n) is 10.1. The third-order valence-corrected chi connectivity index (χ3v) is 3.10. The summed E-state index contributed by atoms with van der Waals surface area (Å²) in [5, 5.41) is 19.4. The fourth-order valence-corrected chi connectivity index (χ4v) is 1.99. The van der Waals surface area contributed by atoms with E-state index in [2.05, 4.69) is 0 Å². The van der Waals surface area contributed by atoms with Crippen LogP contribution >= 0.6 is 0 Å². The molecule has 2 unspecified atom stereocenters. The second-order valence-corrected chi connectivity index (χ2v) is 4.24. The van der Waals surface area contributed by atoms with E-state index >= 15 is 0 Å². The SMILES string of the molecule is CCCCC(O)(CC)C(CCC)C(=O)O. The minimum absolute atomic E-state index is 0.518. The van der Waals surface area contributed by atoms with Crippen LogP contribution < -0.4 is 0 Å². The third kappa shape index (κ3) is 4.20. The highest BCUT2D eigenvalue weighted by molar-refractivity contribution is 5.71. The summed E-state index contributed by atoms with van der Waals surface area (Å²) in [5.74, 6) is -1.48. The van der Waals surface area contributed by atoms with E-state index in [1.54, 1.807) is 0 Å². The number of hydrogen-bond acceptors (Lipinski definition) is 2. The van der Waals surface area contributed by atoms with E-state index in [1.807, 2.05) is 20.8 Å². The Hall–Kier alpha value is -0.570. The molecule has 0 radical (unpaired) electrons.